The summed E-state index contributed by atoms with van der Waals surface area (Å²) in [5.74, 6) is 1.37. The maximum absolute atomic E-state index is 4.15. The second-order valence-electron chi connectivity index (χ2n) is 6.41. The van der Waals surface area contributed by atoms with Gasteiger partial charge in [-0.1, -0.05) is 39.5 Å². The van der Waals surface area contributed by atoms with E-state index in [0.29, 0.717) is 4.08 Å². The van der Waals surface area contributed by atoms with Gasteiger partial charge in [0.1, 0.15) is 0 Å². The molecule has 0 amide bonds. The van der Waals surface area contributed by atoms with Crippen LogP contribution in [0.4, 0.5) is 0 Å². The van der Waals surface area contributed by atoms with Gasteiger partial charge in [0.2, 0.25) is 0 Å². The number of unbranched alkanes of at least 4 members (excludes halogenated alkanes) is 3. The molecule has 0 saturated carbocycles. The third-order valence-electron chi connectivity index (χ3n) is 4.59. The van der Waals surface area contributed by atoms with E-state index in [9.17, 15) is 0 Å². The Morgan fingerprint density at radius 1 is 1.18 bits per heavy atom. The second kappa shape index (κ2) is 9.92. The smallest absolute Gasteiger partial charge is 0.0945 e. The lowest BCUT2D eigenvalue weighted by molar-refractivity contribution is 0.526. The summed E-state index contributed by atoms with van der Waals surface area (Å²) >= 11 is 4.58. The summed E-state index contributed by atoms with van der Waals surface area (Å²) in [5, 5.41) is 0.890. The Bertz CT molecular complexity index is 394. The van der Waals surface area contributed by atoms with Gasteiger partial charge in [-0.2, -0.15) is 0 Å². The van der Waals surface area contributed by atoms with Gasteiger partial charge in [0.15, 0.2) is 0 Å². The quantitative estimate of drug-likeness (QED) is 0.488. The highest BCUT2D eigenvalue weighted by molar-refractivity contribution is 8.19. The molecule has 2 unspecified atom stereocenters. The van der Waals surface area contributed by atoms with Crippen LogP contribution in [0.25, 0.3) is 0 Å². The highest BCUT2D eigenvalue weighted by Gasteiger charge is 2.36. The molecule has 1 aromatic rings. The van der Waals surface area contributed by atoms with Crippen molar-refractivity contribution in [2.24, 2.45) is 0 Å². The maximum atomic E-state index is 4.15. The van der Waals surface area contributed by atoms with Gasteiger partial charge in [0.05, 0.1) is 10.4 Å². The van der Waals surface area contributed by atoms with Crippen LogP contribution in [0, 0.1) is 0 Å². The molecule has 4 heteroatoms. The first-order chi connectivity index (χ1) is 10.8. The van der Waals surface area contributed by atoms with Crippen LogP contribution in [0.5, 0.6) is 0 Å². The predicted molar refractivity (Wildman–Crippen MR) is 102 cm³/mol. The van der Waals surface area contributed by atoms with E-state index in [1.807, 2.05) is 12.5 Å². The van der Waals surface area contributed by atoms with Gasteiger partial charge in [-0.25, -0.2) is 4.98 Å². The second-order valence-corrected chi connectivity index (χ2v) is 9.83. The third-order valence-corrected chi connectivity index (χ3v) is 8.34. The van der Waals surface area contributed by atoms with E-state index in [-0.39, 0.29) is 0 Å². The fourth-order valence-electron chi connectivity index (χ4n) is 3.22. The lowest BCUT2D eigenvalue weighted by Crippen LogP contribution is -2.29. The number of hydrogen-bond donors (Lipinski definition) is 0. The number of hydrogen-bond acceptors (Lipinski definition) is 3. The summed E-state index contributed by atoms with van der Waals surface area (Å²) in [6, 6.07) is 0. The summed E-state index contributed by atoms with van der Waals surface area (Å²) in [7, 11) is 0. The number of rotatable bonds is 10. The zero-order chi connectivity index (χ0) is 15.7. The van der Waals surface area contributed by atoms with Crippen molar-refractivity contribution in [3.8, 4) is 0 Å². The molecule has 126 valence electrons. The minimum Gasteiger partial charge on any atom is -0.337 e. The molecule has 1 aliphatic heterocycles. The van der Waals surface area contributed by atoms with Crippen molar-refractivity contribution in [1.29, 1.82) is 0 Å². The molecule has 0 N–H and O–H groups in total. The van der Waals surface area contributed by atoms with Crippen molar-refractivity contribution in [3.63, 3.8) is 0 Å². The van der Waals surface area contributed by atoms with Gasteiger partial charge in [0.25, 0.3) is 0 Å². The van der Waals surface area contributed by atoms with Crippen LogP contribution in [-0.2, 0) is 6.54 Å². The van der Waals surface area contributed by atoms with Gasteiger partial charge in [0, 0.05) is 24.2 Å². The molecule has 0 aromatic carbocycles. The van der Waals surface area contributed by atoms with Gasteiger partial charge in [-0.3, -0.25) is 0 Å². The number of imidazole rings is 1. The summed E-state index contributed by atoms with van der Waals surface area (Å²) < 4.78 is 2.72. The molecule has 22 heavy (non-hydrogen) atoms. The van der Waals surface area contributed by atoms with E-state index >= 15 is 0 Å². The topological polar surface area (TPSA) is 17.8 Å². The SMILES string of the molecule is CCCCCCC1(CCCn2ccnc2)SCCC(CC)S1. The fraction of sp³-hybridized carbons (Fsp3) is 0.833. The van der Waals surface area contributed by atoms with Crippen LogP contribution in [0.1, 0.15) is 71.6 Å². The standard InChI is InChI=1S/C18H32N2S2/c1-3-5-6-7-10-18(21-15-9-17(4-2)22-18)11-8-13-20-14-12-19-16-20/h12,14,16-17H,3-11,13,15H2,1-2H3. The van der Waals surface area contributed by atoms with Crippen LogP contribution in [0.3, 0.4) is 0 Å². The average molecular weight is 341 g/mol. The van der Waals surface area contributed by atoms with Gasteiger partial charge >= 0.3 is 0 Å². The molecule has 2 heterocycles. The largest absolute Gasteiger partial charge is 0.337 e. The molecular formula is C18H32N2S2. The van der Waals surface area contributed by atoms with Crippen LogP contribution < -0.4 is 0 Å². The van der Waals surface area contributed by atoms with Crippen LogP contribution in [0.15, 0.2) is 18.7 Å². The fourth-order valence-corrected chi connectivity index (χ4v) is 7.18. The molecule has 0 aliphatic carbocycles. The molecule has 2 atom stereocenters. The molecule has 2 nitrogen and oxygen atoms in total. The molecule has 1 aromatic heterocycles. The van der Waals surface area contributed by atoms with Crippen LogP contribution >= 0.6 is 23.5 Å². The Balaban J connectivity index is 1.85. The van der Waals surface area contributed by atoms with E-state index in [1.165, 1.54) is 63.5 Å². The van der Waals surface area contributed by atoms with E-state index in [4.69, 9.17) is 0 Å². The molecule has 1 fully saturated rings. The average Bonchev–Trinajstić information content (AvgIpc) is 3.05. The van der Waals surface area contributed by atoms with Crippen molar-refractivity contribution < 1.29 is 0 Å². The van der Waals surface area contributed by atoms with Crippen LogP contribution in [-0.4, -0.2) is 24.6 Å². The highest BCUT2D eigenvalue weighted by Crippen LogP contribution is 2.52. The first-order valence-electron chi connectivity index (χ1n) is 9.05. The molecular weight excluding hydrogens is 308 g/mol. The number of aryl methyl sites for hydroxylation is 1. The van der Waals surface area contributed by atoms with E-state index in [2.05, 4.69) is 53.1 Å². The number of aromatic nitrogens is 2. The Morgan fingerprint density at radius 2 is 2.05 bits per heavy atom. The molecule has 1 saturated heterocycles. The summed E-state index contributed by atoms with van der Waals surface area (Å²) in [4.78, 5) is 4.15. The van der Waals surface area contributed by atoms with Crippen molar-refractivity contribution in [3.05, 3.63) is 18.7 Å². The number of nitrogens with zero attached hydrogens (tertiary/aromatic N) is 2. The zero-order valence-electron chi connectivity index (χ0n) is 14.3. The first-order valence-corrected chi connectivity index (χ1v) is 10.9. The van der Waals surface area contributed by atoms with E-state index in [1.54, 1.807) is 0 Å². The highest BCUT2D eigenvalue weighted by atomic mass is 32.2. The molecule has 0 radical (unpaired) electrons. The third kappa shape index (κ3) is 5.84. The summed E-state index contributed by atoms with van der Waals surface area (Å²) in [6.07, 6.45) is 18.3. The van der Waals surface area contributed by atoms with Crippen molar-refractivity contribution in [1.82, 2.24) is 9.55 Å². The summed E-state index contributed by atoms with van der Waals surface area (Å²) in [5.41, 5.74) is 0. The van der Waals surface area contributed by atoms with E-state index in [0.717, 1.165) is 11.8 Å². The zero-order valence-corrected chi connectivity index (χ0v) is 15.9. The normalized spacial score (nSPS) is 25.5. The molecule has 1 aliphatic rings. The van der Waals surface area contributed by atoms with E-state index < -0.39 is 0 Å². The maximum Gasteiger partial charge on any atom is 0.0945 e. The van der Waals surface area contributed by atoms with Gasteiger partial charge in [-0.15, -0.1) is 23.5 Å². The van der Waals surface area contributed by atoms with Crippen molar-refractivity contribution >= 4 is 23.5 Å². The van der Waals surface area contributed by atoms with Gasteiger partial charge < -0.3 is 4.57 Å². The number of thioether (sulfide) groups is 2. The lowest BCUT2D eigenvalue weighted by Gasteiger charge is -2.40. The molecule has 0 spiro atoms. The monoisotopic (exact) mass is 340 g/mol. The first kappa shape index (κ1) is 18.3. The minimum atomic E-state index is 0.493. The van der Waals surface area contributed by atoms with Crippen molar-refractivity contribution in [2.75, 3.05) is 5.75 Å². The van der Waals surface area contributed by atoms with Gasteiger partial charge in [-0.05, 0) is 37.9 Å². The molecule has 2 rings (SSSR count). The van der Waals surface area contributed by atoms with Crippen molar-refractivity contribution in [2.45, 2.75) is 87.5 Å². The predicted octanol–water partition coefficient (Wildman–Crippen LogP) is 5.98. The Kier molecular flexibility index (Phi) is 8.23. The Hall–Kier alpha value is -0.0900. The Morgan fingerprint density at radius 3 is 2.77 bits per heavy atom. The Labute approximate surface area is 145 Å². The minimum absolute atomic E-state index is 0.493. The lowest BCUT2D eigenvalue weighted by atomic mass is 10.1. The summed E-state index contributed by atoms with van der Waals surface area (Å²) in [6.45, 7) is 5.79. The molecule has 0 bridgehead atoms. The van der Waals surface area contributed by atoms with Crippen LogP contribution in [0.2, 0.25) is 0 Å².